The van der Waals surface area contributed by atoms with Gasteiger partial charge in [0.2, 0.25) is 5.91 Å². The third-order valence-corrected chi connectivity index (χ3v) is 2.15. The van der Waals surface area contributed by atoms with Crippen LogP contribution in [0, 0.1) is 5.92 Å². The van der Waals surface area contributed by atoms with Crippen LogP contribution in [0.2, 0.25) is 0 Å². The van der Waals surface area contributed by atoms with Gasteiger partial charge in [0.25, 0.3) is 0 Å². The lowest BCUT2D eigenvalue weighted by Crippen LogP contribution is -2.32. The standard InChI is InChI=1S/C8H13NOS/c1-7(2)5-9-3-4-11-6-8(9)10/h3-4,7H,5-6H2,1-2H3. The minimum absolute atomic E-state index is 0.228. The zero-order valence-electron chi connectivity index (χ0n) is 6.91. The van der Waals surface area contributed by atoms with E-state index in [-0.39, 0.29) is 5.91 Å². The average Bonchev–Trinajstić information content (AvgIpc) is 1.93. The summed E-state index contributed by atoms with van der Waals surface area (Å²) in [6.45, 7) is 5.07. The molecule has 0 aromatic rings. The van der Waals surface area contributed by atoms with Gasteiger partial charge < -0.3 is 4.90 Å². The van der Waals surface area contributed by atoms with Crippen LogP contribution in [0.25, 0.3) is 0 Å². The van der Waals surface area contributed by atoms with E-state index >= 15 is 0 Å². The van der Waals surface area contributed by atoms with Gasteiger partial charge in [0, 0.05) is 12.7 Å². The van der Waals surface area contributed by atoms with Gasteiger partial charge in [-0.1, -0.05) is 13.8 Å². The van der Waals surface area contributed by atoms with Gasteiger partial charge in [-0.25, -0.2) is 0 Å². The van der Waals surface area contributed by atoms with Crippen LogP contribution in [0.1, 0.15) is 13.8 Å². The Morgan fingerprint density at radius 2 is 2.45 bits per heavy atom. The van der Waals surface area contributed by atoms with Crippen LogP contribution in [0.4, 0.5) is 0 Å². The van der Waals surface area contributed by atoms with Crippen LogP contribution in [-0.4, -0.2) is 23.1 Å². The molecule has 1 aliphatic heterocycles. The predicted molar refractivity (Wildman–Crippen MR) is 48.1 cm³/mol. The summed E-state index contributed by atoms with van der Waals surface area (Å²) in [5.74, 6) is 1.38. The van der Waals surface area contributed by atoms with Crippen molar-refractivity contribution in [2.75, 3.05) is 12.3 Å². The van der Waals surface area contributed by atoms with Crippen molar-refractivity contribution < 1.29 is 4.79 Å². The zero-order chi connectivity index (χ0) is 8.27. The van der Waals surface area contributed by atoms with E-state index in [1.54, 1.807) is 16.7 Å². The van der Waals surface area contributed by atoms with E-state index in [9.17, 15) is 4.79 Å². The number of hydrogen-bond donors (Lipinski definition) is 0. The Morgan fingerprint density at radius 1 is 1.73 bits per heavy atom. The molecule has 0 aromatic heterocycles. The van der Waals surface area contributed by atoms with Crippen LogP contribution in [0.15, 0.2) is 11.6 Å². The van der Waals surface area contributed by atoms with E-state index < -0.39 is 0 Å². The molecule has 62 valence electrons. The molecule has 0 bridgehead atoms. The Kier molecular flexibility index (Phi) is 3.00. The fourth-order valence-corrected chi connectivity index (χ4v) is 1.60. The first-order valence-corrected chi connectivity index (χ1v) is 4.83. The predicted octanol–water partition coefficient (Wildman–Crippen LogP) is 1.69. The summed E-state index contributed by atoms with van der Waals surface area (Å²) in [6.07, 6.45) is 1.87. The van der Waals surface area contributed by atoms with Crippen LogP contribution >= 0.6 is 11.8 Å². The minimum atomic E-state index is 0.228. The summed E-state index contributed by atoms with van der Waals surface area (Å²) >= 11 is 1.56. The maximum Gasteiger partial charge on any atom is 0.236 e. The van der Waals surface area contributed by atoms with Gasteiger partial charge in [-0.3, -0.25) is 4.79 Å². The van der Waals surface area contributed by atoms with Gasteiger partial charge >= 0.3 is 0 Å². The molecular formula is C8H13NOS. The molecule has 11 heavy (non-hydrogen) atoms. The van der Waals surface area contributed by atoms with Gasteiger partial charge in [0.05, 0.1) is 5.75 Å². The zero-order valence-corrected chi connectivity index (χ0v) is 7.73. The molecule has 0 N–H and O–H groups in total. The third-order valence-electron chi connectivity index (χ3n) is 1.43. The SMILES string of the molecule is CC(C)CN1C=CSCC1=O. The number of carbonyl (C=O) groups excluding carboxylic acids is 1. The fourth-order valence-electron chi connectivity index (χ4n) is 0.958. The minimum Gasteiger partial charge on any atom is -0.318 e. The first-order chi connectivity index (χ1) is 5.20. The van der Waals surface area contributed by atoms with E-state index in [0.717, 1.165) is 6.54 Å². The van der Waals surface area contributed by atoms with E-state index in [2.05, 4.69) is 13.8 Å². The molecule has 0 saturated heterocycles. The normalized spacial score (nSPS) is 18.1. The van der Waals surface area contributed by atoms with Gasteiger partial charge in [0.1, 0.15) is 0 Å². The van der Waals surface area contributed by atoms with Crippen molar-refractivity contribution in [1.82, 2.24) is 4.90 Å². The van der Waals surface area contributed by atoms with Crippen LogP contribution in [0.5, 0.6) is 0 Å². The Labute approximate surface area is 71.6 Å². The lowest BCUT2D eigenvalue weighted by atomic mass is 10.2. The molecule has 0 aromatic carbocycles. The summed E-state index contributed by atoms with van der Waals surface area (Å²) < 4.78 is 0. The fraction of sp³-hybridized carbons (Fsp3) is 0.625. The topological polar surface area (TPSA) is 20.3 Å². The largest absolute Gasteiger partial charge is 0.318 e. The van der Waals surface area contributed by atoms with E-state index in [1.165, 1.54) is 0 Å². The van der Waals surface area contributed by atoms with Crippen molar-refractivity contribution >= 4 is 17.7 Å². The summed E-state index contributed by atoms with van der Waals surface area (Å²) in [7, 11) is 0. The molecule has 1 amide bonds. The second-order valence-corrected chi connectivity index (χ2v) is 3.93. The van der Waals surface area contributed by atoms with Crippen molar-refractivity contribution in [1.29, 1.82) is 0 Å². The summed E-state index contributed by atoms with van der Waals surface area (Å²) in [6, 6.07) is 0. The first-order valence-electron chi connectivity index (χ1n) is 3.78. The van der Waals surface area contributed by atoms with Gasteiger partial charge in [0.15, 0.2) is 0 Å². The maximum absolute atomic E-state index is 11.2. The van der Waals surface area contributed by atoms with E-state index in [0.29, 0.717) is 11.7 Å². The highest BCUT2D eigenvalue weighted by Crippen LogP contribution is 2.13. The molecule has 0 atom stereocenters. The quantitative estimate of drug-likeness (QED) is 0.630. The Balaban J connectivity index is 2.48. The van der Waals surface area contributed by atoms with Crippen molar-refractivity contribution in [3.63, 3.8) is 0 Å². The molecular weight excluding hydrogens is 158 g/mol. The number of nitrogens with zero attached hydrogens (tertiary/aromatic N) is 1. The van der Waals surface area contributed by atoms with E-state index in [4.69, 9.17) is 0 Å². The maximum atomic E-state index is 11.2. The molecule has 0 saturated carbocycles. The molecule has 0 unspecified atom stereocenters. The van der Waals surface area contributed by atoms with Crippen LogP contribution in [-0.2, 0) is 4.79 Å². The monoisotopic (exact) mass is 171 g/mol. The molecule has 2 nitrogen and oxygen atoms in total. The number of carbonyl (C=O) groups is 1. The van der Waals surface area contributed by atoms with Crippen LogP contribution < -0.4 is 0 Å². The van der Waals surface area contributed by atoms with Crippen molar-refractivity contribution in [2.45, 2.75) is 13.8 Å². The van der Waals surface area contributed by atoms with Gasteiger partial charge in [-0.15, -0.1) is 11.8 Å². The highest BCUT2D eigenvalue weighted by molar-refractivity contribution is 8.02. The van der Waals surface area contributed by atoms with Gasteiger partial charge in [-0.05, 0) is 11.3 Å². The number of thioether (sulfide) groups is 1. The molecule has 0 radical (unpaired) electrons. The summed E-state index contributed by atoms with van der Waals surface area (Å²) in [5, 5.41) is 1.98. The molecule has 3 heteroatoms. The molecule has 0 spiro atoms. The van der Waals surface area contributed by atoms with Crippen molar-refractivity contribution in [3.05, 3.63) is 11.6 Å². The average molecular weight is 171 g/mol. The van der Waals surface area contributed by atoms with Crippen molar-refractivity contribution in [3.8, 4) is 0 Å². The highest BCUT2D eigenvalue weighted by Gasteiger charge is 2.14. The summed E-state index contributed by atoms with van der Waals surface area (Å²) in [4.78, 5) is 13.0. The second-order valence-electron chi connectivity index (χ2n) is 3.04. The Bertz CT molecular complexity index is 177. The Morgan fingerprint density at radius 3 is 3.00 bits per heavy atom. The third kappa shape index (κ3) is 2.58. The van der Waals surface area contributed by atoms with Crippen LogP contribution in [0.3, 0.4) is 0 Å². The lowest BCUT2D eigenvalue weighted by Gasteiger charge is -2.22. The summed E-state index contributed by atoms with van der Waals surface area (Å²) in [5.41, 5.74) is 0. The first kappa shape index (κ1) is 8.65. The number of hydrogen-bond acceptors (Lipinski definition) is 2. The lowest BCUT2D eigenvalue weighted by molar-refractivity contribution is -0.126. The molecule has 1 rings (SSSR count). The molecule has 1 aliphatic rings. The molecule has 0 fully saturated rings. The van der Waals surface area contributed by atoms with Crippen molar-refractivity contribution in [2.24, 2.45) is 5.92 Å². The smallest absolute Gasteiger partial charge is 0.236 e. The van der Waals surface area contributed by atoms with Gasteiger partial charge in [-0.2, -0.15) is 0 Å². The van der Waals surface area contributed by atoms with E-state index in [1.807, 2.05) is 11.6 Å². The second kappa shape index (κ2) is 3.81. The number of rotatable bonds is 2. The Hall–Kier alpha value is -0.440. The molecule has 0 aliphatic carbocycles. The number of amides is 1. The highest BCUT2D eigenvalue weighted by atomic mass is 32.2. The molecule has 1 heterocycles.